The largest absolute Gasteiger partial charge is 0.478 e. The summed E-state index contributed by atoms with van der Waals surface area (Å²) >= 11 is 1.19. The van der Waals surface area contributed by atoms with E-state index in [0.29, 0.717) is 22.2 Å². The van der Waals surface area contributed by atoms with Crippen molar-refractivity contribution in [2.24, 2.45) is 7.05 Å². The summed E-state index contributed by atoms with van der Waals surface area (Å²) in [6, 6.07) is 13.3. The number of carboxylic acid groups (broad SMARTS) is 1. The van der Waals surface area contributed by atoms with E-state index in [9.17, 15) is 14.4 Å². The summed E-state index contributed by atoms with van der Waals surface area (Å²) in [5.74, 6) is -0.951. The molecule has 1 aromatic heterocycles. The Morgan fingerprint density at radius 2 is 1.81 bits per heavy atom. The van der Waals surface area contributed by atoms with Crippen molar-refractivity contribution < 1.29 is 19.5 Å². The van der Waals surface area contributed by atoms with Gasteiger partial charge in [-0.2, -0.15) is 0 Å². The summed E-state index contributed by atoms with van der Waals surface area (Å²) in [6.45, 7) is 2.15. The molecule has 0 aliphatic carbocycles. The minimum Gasteiger partial charge on any atom is -0.478 e. The molecule has 31 heavy (non-hydrogen) atoms. The summed E-state index contributed by atoms with van der Waals surface area (Å²) in [6.07, 6.45) is 0. The number of nitrogens with zero attached hydrogens (tertiary/aromatic N) is 3. The Bertz CT molecular complexity index is 1110. The monoisotopic (exact) mass is 439 g/mol. The standard InChI is InChI=1S/C21H21N5O4S/c1-13-6-8-14(9-7-13)19(28)22-11-17-24-25-21(26(17)2)31-12-18(27)23-16-5-3-4-15(10-16)20(29)30/h3-10H,11-12H2,1-2H3,(H,22,28)(H,23,27)(H,29,30). The molecule has 160 valence electrons. The molecule has 0 aliphatic heterocycles. The van der Waals surface area contributed by atoms with Crippen LogP contribution in [0.5, 0.6) is 0 Å². The maximum Gasteiger partial charge on any atom is 0.335 e. The Hall–Kier alpha value is -3.66. The van der Waals surface area contributed by atoms with Crippen LogP contribution in [0, 0.1) is 6.92 Å². The molecule has 10 heteroatoms. The molecule has 0 spiro atoms. The number of thioether (sulfide) groups is 1. The number of aromatic nitrogens is 3. The van der Waals surface area contributed by atoms with Crippen LogP contribution in [0.1, 0.15) is 32.1 Å². The number of carbonyl (C=O) groups is 3. The van der Waals surface area contributed by atoms with Gasteiger partial charge in [-0.3, -0.25) is 9.59 Å². The lowest BCUT2D eigenvalue weighted by Crippen LogP contribution is -2.24. The van der Waals surface area contributed by atoms with E-state index in [1.807, 2.05) is 19.1 Å². The van der Waals surface area contributed by atoms with Crippen LogP contribution in [0.3, 0.4) is 0 Å². The van der Waals surface area contributed by atoms with Crippen LogP contribution in [0.4, 0.5) is 5.69 Å². The fraction of sp³-hybridized carbons (Fsp3) is 0.190. The van der Waals surface area contributed by atoms with E-state index in [1.165, 1.54) is 23.9 Å². The quantitative estimate of drug-likeness (QED) is 0.460. The summed E-state index contributed by atoms with van der Waals surface area (Å²) in [7, 11) is 1.75. The fourth-order valence-electron chi connectivity index (χ4n) is 2.65. The number of amides is 2. The second-order valence-electron chi connectivity index (χ2n) is 6.73. The predicted molar refractivity (Wildman–Crippen MR) is 116 cm³/mol. The average molecular weight is 439 g/mol. The highest BCUT2D eigenvalue weighted by Gasteiger charge is 2.13. The first-order chi connectivity index (χ1) is 14.8. The summed E-state index contributed by atoms with van der Waals surface area (Å²) in [5, 5.41) is 23.1. The molecule has 1 heterocycles. The van der Waals surface area contributed by atoms with Gasteiger partial charge in [0.25, 0.3) is 5.91 Å². The van der Waals surface area contributed by atoms with Crippen molar-refractivity contribution in [2.45, 2.75) is 18.6 Å². The zero-order valence-corrected chi connectivity index (χ0v) is 17.8. The number of hydrogen-bond acceptors (Lipinski definition) is 6. The van der Waals surface area contributed by atoms with E-state index in [4.69, 9.17) is 5.11 Å². The number of benzene rings is 2. The molecule has 0 fully saturated rings. The van der Waals surface area contributed by atoms with E-state index in [0.717, 1.165) is 5.56 Å². The average Bonchev–Trinajstić information content (AvgIpc) is 3.10. The van der Waals surface area contributed by atoms with Crippen LogP contribution < -0.4 is 10.6 Å². The number of anilines is 1. The van der Waals surface area contributed by atoms with Gasteiger partial charge >= 0.3 is 5.97 Å². The smallest absolute Gasteiger partial charge is 0.335 e. The third-order valence-electron chi connectivity index (χ3n) is 4.37. The number of carbonyl (C=O) groups excluding carboxylic acids is 2. The topological polar surface area (TPSA) is 126 Å². The molecule has 0 bridgehead atoms. The highest BCUT2D eigenvalue weighted by Crippen LogP contribution is 2.17. The van der Waals surface area contributed by atoms with Gasteiger partial charge in [-0.05, 0) is 37.3 Å². The van der Waals surface area contributed by atoms with Gasteiger partial charge in [0, 0.05) is 18.3 Å². The molecular weight excluding hydrogens is 418 g/mol. The Morgan fingerprint density at radius 1 is 1.06 bits per heavy atom. The molecule has 0 aliphatic rings. The normalized spacial score (nSPS) is 10.5. The number of carboxylic acids is 1. The lowest BCUT2D eigenvalue weighted by molar-refractivity contribution is -0.113. The number of rotatable bonds is 8. The summed E-state index contributed by atoms with van der Waals surface area (Å²) in [5.41, 5.74) is 2.13. The molecule has 3 rings (SSSR count). The van der Waals surface area contributed by atoms with Crippen molar-refractivity contribution in [3.05, 3.63) is 71.0 Å². The molecule has 0 unspecified atom stereocenters. The van der Waals surface area contributed by atoms with Crippen LogP contribution in [0.2, 0.25) is 0 Å². The highest BCUT2D eigenvalue weighted by molar-refractivity contribution is 7.99. The molecule has 2 amide bonds. The van der Waals surface area contributed by atoms with E-state index in [1.54, 1.807) is 35.9 Å². The first-order valence-electron chi connectivity index (χ1n) is 9.32. The number of hydrogen-bond donors (Lipinski definition) is 3. The lowest BCUT2D eigenvalue weighted by atomic mass is 10.1. The van der Waals surface area contributed by atoms with Gasteiger partial charge < -0.3 is 20.3 Å². The molecule has 0 radical (unpaired) electrons. The Morgan fingerprint density at radius 3 is 2.52 bits per heavy atom. The van der Waals surface area contributed by atoms with Gasteiger partial charge in [-0.1, -0.05) is 35.5 Å². The third kappa shape index (κ3) is 5.92. The minimum atomic E-state index is -1.06. The molecule has 0 saturated carbocycles. The minimum absolute atomic E-state index is 0.0685. The summed E-state index contributed by atoms with van der Waals surface area (Å²) in [4.78, 5) is 35.4. The van der Waals surface area contributed by atoms with E-state index in [2.05, 4.69) is 20.8 Å². The highest BCUT2D eigenvalue weighted by atomic mass is 32.2. The van der Waals surface area contributed by atoms with Crippen molar-refractivity contribution in [1.82, 2.24) is 20.1 Å². The van der Waals surface area contributed by atoms with Crippen molar-refractivity contribution in [3.8, 4) is 0 Å². The Balaban J connectivity index is 1.52. The first kappa shape index (κ1) is 22.0. The van der Waals surface area contributed by atoms with Gasteiger partial charge in [-0.25, -0.2) is 4.79 Å². The number of aromatic carboxylic acids is 1. The molecule has 3 N–H and O–H groups in total. The fourth-order valence-corrected chi connectivity index (χ4v) is 3.38. The SMILES string of the molecule is Cc1ccc(C(=O)NCc2nnc(SCC(=O)Nc3cccc(C(=O)O)c3)n2C)cc1. The summed E-state index contributed by atoms with van der Waals surface area (Å²) < 4.78 is 1.71. The Kier molecular flexibility index (Phi) is 7.03. The maximum absolute atomic E-state index is 12.2. The molecule has 3 aromatic rings. The second-order valence-corrected chi connectivity index (χ2v) is 7.67. The van der Waals surface area contributed by atoms with Crippen molar-refractivity contribution in [3.63, 3.8) is 0 Å². The van der Waals surface area contributed by atoms with E-state index < -0.39 is 5.97 Å². The zero-order valence-electron chi connectivity index (χ0n) is 17.0. The zero-order chi connectivity index (χ0) is 22.4. The van der Waals surface area contributed by atoms with Gasteiger partial charge in [0.2, 0.25) is 5.91 Å². The number of aryl methyl sites for hydroxylation is 1. The van der Waals surface area contributed by atoms with Crippen LogP contribution in [0.25, 0.3) is 0 Å². The van der Waals surface area contributed by atoms with Gasteiger partial charge in [0.15, 0.2) is 11.0 Å². The third-order valence-corrected chi connectivity index (χ3v) is 5.39. The van der Waals surface area contributed by atoms with Gasteiger partial charge in [0.05, 0.1) is 17.9 Å². The van der Waals surface area contributed by atoms with Gasteiger partial charge in [0.1, 0.15) is 0 Å². The van der Waals surface area contributed by atoms with Crippen molar-refractivity contribution >= 4 is 35.2 Å². The molecule has 9 nitrogen and oxygen atoms in total. The van der Waals surface area contributed by atoms with Crippen LogP contribution in [0.15, 0.2) is 53.7 Å². The first-order valence-corrected chi connectivity index (χ1v) is 10.3. The maximum atomic E-state index is 12.2. The van der Waals surface area contributed by atoms with E-state index in [-0.39, 0.29) is 29.7 Å². The van der Waals surface area contributed by atoms with Crippen molar-refractivity contribution in [2.75, 3.05) is 11.1 Å². The molecular formula is C21H21N5O4S. The predicted octanol–water partition coefficient (Wildman–Crippen LogP) is 2.48. The molecule has 2 aromatic carbocycles. The number of nitrogens with one attached hydrogen (secondary N) is 2. The molecule has 0 saturated heterocycles. The van der Waals surface area contributed by atoms with E-state index >= 15 is 0 Å². The van der Waals surface area contributed by atoms with Crippen LogP contribution in [-0.2, 0) is 18.4 Å². The Labute approximate surface area is 182 Å². The van der Waals surface area contributed by atoms with Crippen molar-refractivity contribution in [1.29, 1.82) is 0 Å². The van der Waals surface area contributed by atoms with Crippen LogP contribution in [-0.4, -0.2) is 43.4 Å². The molecule has 0 atom stereocenters. The second kappa shape index (κ2) is 9.90. The van der Waals surface area contributed by atoms with Crippen LogP contribution >= 0.6 is 11.8 Å². The lowest BCUT2D eigenvalue weighted by Gasteiger charge is -2.07. The van der Waals surface area contributed by atoms with Gasteiger partial charge in [-0.15, -0.1) is 10.2 Å².